The van der Waals surface area contributed by atoms with Crippen LogP contribution in [0.1, 0.15) is 41.8 Å². The highest BCUT2D eigenvalue weighted by Gasteiger charge is 2.30. The summed E-state index contributed by atoms with van der Waals surface area (Å²) < 4.78 is 7.63. The molecule has 0 bridgehead atoms. The fraction of sp³-hybridized carbons (Fsp3) is 0.500. The normalized spacial score (nSPS) is 17.1. The Kier molecular flexibility index (Phi) is 4.66. The van der Waals surface area contributed by atoms with Crippen molar-refractivity contribution >= 4 is 5.91 Å². The van der Waals surface area contributed by atoms with E-state index in [0.29, 0.717) is 18.7 Å². The Balaban J connectivity index is 1.76. The number of carbonyl (C=O) groups excluding carboxylic acids is 1. The Morgan fingerprint density at radius 2 is 2.22 bits per heavy atom. The number of ether oxygens (including phenoxy) is 1. The number of rotatable bonds is 5. The molecule has 1 aliphatic heterocycles. The molecule has 1 aliphatic rings. The van der Waals surface area contributed by atoms with E-state index in [1.54, 1.807) is 6.07 Å². The van der Waals surface area contributed by atoms with Crippen molar-refractivity contribution < 1.29 is 9.53 Å². The first kappa shape index (κ1) is 15.6. The van der Waals surface area contributed by atoms with Gasteiger partial charge in [0.25, 0.3) is 5.91 Å². The molecule has 0 aromatic carbocycles. The number of carbonyl (C=O) groups is 1. The second-order valence-electron chi connectivity index (χ2n) is 5.51. The fourth-order valence-electron chi connectivity index (χ4n) is 2.94. The van der Waals surface area contributed by atoms with Crippen molar-refractivity contribution in [1.82, 2.24) is 24.6 Å². The van der Waals surface area contributed by atoms with E-state index in [-0.39, 0.29) is 11.9 Å². The second kappa shape index (κ2) is 6.87. The predicted octanol–water partition coefficient (Wildman–Crippen LogP) is 1.47. The lowest BCUT2D eigenvalue weighted by Gasteiger charge is -2.34. The van der Waals surface area contributed by atoms with Crippen LogP contribution in [0.3, 0.4) is 0 Å². The highest BCUT2D eigenvalue weighted by molar-refractivity contribution is 5.94. The molecule has 0 fully saturated rings. The average molecular weight is 315 g/mol. The molecule has 3 heterocycles. The molecule has 7 heteroatoms. The highest BCUT2D eigenvalue weighted by Crippen LogP contribution is 2.26. The summed E-state index contributed by atoms with van der Waals surface area (Å²) in [5, 5.41) is 7.50. The van der Waals surface area contributed by atoms with Crippen LogP contribution in [0, 0.1) is 0 Å². The lowest BCUT2D eigenvalue weighted by Crippen LogP contribution is -2.41. The molecule has 0 aliphatic carbocycles. The predicted molar refractivity (Wildman–Crippen MR) is 83.9 cm³/mol. The molecule has 2 aromatic heterocycles. The van der Waals surface area contributed by atoms with Crippen LogP contribution in [-0.4, -0.2) is 50.3 Å². The maximum Gasteiger partial charge on any atom is 0.256 e. The van der Waals surface area contributed by atoms with E-state index in [9.17, 15) is 4.79 Å². The lowest BCUT2D eigenvalue weighted by atomic mass is 10.1. The number of nitrogens with zero attached hydrogens (tertiary/aromatic N) is 5. The fourth-order valence-corrected chi connectivity index (χ4v) is 2.94. The summed E-state index contributed by atoms with van der Waals surface area (Å²) in [7, 11) is 0. The van der Waals surface area contributed by atoms with E-state index < -0.39 is 0 Å². The van der Waals surface area contributed by atoms with Gasteiger partial charge in [-0.1, -0.05) is 0 Å². The number of imidazole rings is 1. The zero-order valence-corrected chi connectivity index (χ0v) is 13.5. The summed E-state index contributed by atoms with van der Waals surface area (Å²) in [4.78, 5) is 19.0. The number of fused-ring (bicyclic) bond motifs is 1. The molecule has 1 atom stereocenters. The first-order valence-corrected chi connectivity index (χ1v) is 7.92. The van der Waals surface area contributed by atoms with Crippen LogP contribution in [-0.2, 0) is 17.7 Å². The molecular formula is C16H21N5O2. The van der Waals surface area contributed by atoms with Gasteiger partial charge in [0.2, 0.25) is 0 Å². The molecule has 122 valence electrons. The van der Waals surface area contributed by atoms with Gasteiger partial charge in [-0.25, -0.2) is 4.98 Å². The Labute approximate surface area is 135 Å². The van der Waals surface area contributed by atoms with Crippen molar-refractivity contribution in [3.63, 3.8) is 0 Å². The topological polar surface area (TPSA) is 73.1 Å². The van der Waals surface area contributed by atoms with Crippen molar-refractivity contribution in [2.24, 2.45) is 0 Å². The van der Waals surface area contributed by atoms with Crippen molar-refractivity contribution in [2.75, 3.05) is 19.8 Å². The van der Waals surface area contributed by atoms with Crippen LogP contribution < -0.4 is 0 Å². The van der Waals surface area contributed by atoms with Crippen LogP contribution in [0.2, 0.25) is 0 Å². The van der Waals surface area contributed by atoms with Crippen LogP contribution in [0.15, 0.2) is 24.7 Å². The molecule has 0 saturated heterocycles. The monoisotopic (exact) mass is 315 g/mol. The lowest BCUT2D eigenvalue weighted by molar-refractivity contribution is 0.0634. The van der Waals surface area contributed by atoms with Gasteiger partial charge in [0.1, 0.15) is 5.82 Å². The summed E-state index contributed by atoms with van der Waals surface area (Å²) in [6.45, 7) is 6.84. The molecule has 0 saturated carbocycles. The third-order valence-corrected chi connectivity index (χ3v) is 4.17. The number of aromatic nitrogens is 4. The minimum absolute atomic E-state index is 0.0301. The third kappa shape index (κ3) is 3.10. The van der Waals surface area contributed by atoms with Crippen molar-refractivity contribution in [3.05, 3.63) is 41.7 Å². The van der Waals surface area contributed by atoms with Crippen LogP contribution >= 0.6 is 0 Å². The molecule has 23 heavy (non-hydrogen) atoms. The van der Waals surface area contributed by atoms with Gasteiger partial charge in [-0.05, 0) is 19.9 Å². The third-order valence-electron chi connectivity index (χ3n) is 4.17. The summed E-state index contributed by atoms with van der Waals surface area (Å²) in [6, 6.07) is 1.63. The summed E-state index contributed by atoms with van der Waals surface area (Å²) >= 11 is 0. The molecule has 0 radical (unpaired) electrons. The molecule has 0 N–H and O–H groups in total. The number of amides is 1. The van der Waals surface area contributed by atoms with Gasteiger partial charge >= 0.3 is 0 Å². The molecular weight excluding hydrogens is 294 g/mol. The van der Waals surface area contributed by atoms with Gasteiger partial charge in [0, 0.05) is 38.0 Å². The van der Waals surface area contributed by atoms with Crippen LogP contribution in [0.25, 0.3) is 0 Å². The van der Waals surface area contributed by atoms with Crippen molar-refractivity contribution in [1.29, 1.82) is 0 Å². The summed E-state index contributed by atoms with van der Waals surface area (Å²) in [5.74, 6) is 0.899. The van der Waals surface area contributed by atoms with Crippen molar-refractivity contribution in [2.45, 2.75) is 32.9 Å². The van der Waals surface area contributed by atoms with E-state index in [0.717, 1.165) is 31.1 Å². The number of hydrogen-bond acceptors (Lipinski definition) is 5. The van der Waals surface area contributed by atoms with Gasteiger partial charge in [0.05, 0.1) is 30.6 Å². The average Bonchev–Trinajstić information content (AvgIpc) is 3.00. The molecule has 7 nitrogen and oxygen atoms in total. The van der Waals surface area contributed by atoms with E-state index in [2.05, 4.69) is 19.7 Å². The Hall–Kier alpha value is -2.28. The zero-order valence-electron chi connectivity index (χ0n) is 13.5. The van der Waals surface area contributed by atoms with Gasteiger partial charge in [-0.15, -0.1) is 0 Å². The number of hydrogen-bond donors (Lipinski definition) is 0. The molecule has 0 spiro atoms. The van der Waals surface area contributed by atoms with Gasteiger partial charge < -0.3 is 14.2 Å². The quantitative estimate of drug-likeness (QED) is 0.781. The summed E-state index contributed by atoms with van der Waals surface area (Å²) in [5.41, 5.74) is 1.72. The van der Waals surface area contributed by atoms with Crippen LogP contribution in [0.4, 0.5) is 0 Å². The molecule has 1 amide bonds. The van der Waals surface area contributed by atoms with Gasteiger partial charge in [0.15, 0.2) is 0 Å². The van der Waals surface area contributed by atoms with Crippen LogP contribution in [0.5, 0.6) is 0 Å². The Morgan fingerprint density at radius 1 is 1.35 bits per heavy atom. The zero-order chi connectivity index (χ0) is 16.2. The maximum absolute atomic E-state index is 12.6. The Bertz CT molecular complexity index is 670. The first-order chi connectivity index (χ1) is 11.2. The van der Waals surface area contributed by atoms with Gasteiger partial charge in [-0.2, -0.15) is 10.2 Å². The van der Waals surface area contributed by atoms with E-state index >= 15 is 0 Å². The summed E-state index contributed by atoms with van der Waals surface area (Å²) in [6.07, 6.45) is 5.78. The maximum atomic E-state index is 12.6. The highest BCUT2D eigenvalue weighted by atomic mass is 16.5. The standard InChI is InChI=1S/C16H21N5O2/c1-3-23-9-5-14-11-17-15-12(2)20(7-8-21(14)15)16(22)13-4-6-18-19-10-13/h4,6,10-12H,3,5,7-9H2,1-2H3. The molecule has 2 aromatic rings. The second-order valence-corrected chi connectivity index (χ2v) is 5.51. The smallest absolute Gasteiger partial charge is 0.256 e. The van der Waals surface area contributed by atoms with E-state index in [1.165, 1.54) is 12.4 Å². The SMILES string of the molecule is CCOCCc1cnc2n1CCN(C(=O)c1ccnnc1)C2C. The largest absolute Gasteiger partial charge is 0.381 e. The van der Waals surface area contributed by atoms with E-state index in [4.69, 9.17) is 4.74 Å². The van der Waals surface area contributed by atoms with Crippen molar-refractivity contribution in [3.8, 4) is 0 Å². The minimum atomic E-state index is -0.0646. The molecule has 3 rings (SSSR count). The van der Waals surface area contributed by atoms with E-state index in [1.807, 2.05) is 24.9 Å². The molecule has 1 unspecified atom stereocenters. The van der Waals surface area contributed by atoms with Gasteiger partial charge in [-0.3, -0.25) is 4.79 Å². The first-order valence-electron chi connectivity index (χ1n) is 7.92. The minimum Gasteiger partial charge on any atom is -0.381 e. The Morgan fingerprint density at radius 3 is 2.96 bits per heavy atom.